The summed E-state index contributed by atoms with van der Waals surface area (Å²) in [6.45, 7) is 1.03. The summed E-state index contributed by atoms with van der Waals surface area (Å²) in [6.07, 6.45) is 3.50. The number of nitrogens with one attached hydrogen (secondary N) is 3. The fraction of sp³-hybridized carbons (Fsp3) is 0.111. The van der Waals surface area contributed by atoms with Crippen LogP contribution in [0.4, 0.5) is 11.4 Å². The van der Waals surface area contributed by atoms with Crippen LogP contribution in [0.15, 0.2) is 54.9 Å². The van der Waals surface area contributed by atoms with Gasteiger partial charge < -0.3 is 15.6 Å². The van der Waals surface area contributed by atoms with Gasteiger partial charge in [0.2, 0.25) is 0 Å². The highest BCUT2D eigenvalue weighted by Crippen LogP contribution is 2.36. The number of aromatic nitrogens is 2. The van der Waals surface area contributed by atoms with Crippen LogP contribution in [-0.2, 0) is 6.54 Å². The zero-order valence-electron chi connectivity index (χ0n) is 12.5. The Kier molecular flexibility index (Phi) is 3.40. The van der Waals surface area contributed by atoms with Gasteiger partial charge in [0.1, 0.15) is 0 Å². The number of carbonyl (C=O) groups is 1. The lowest BCUT2D eigenvalue weighted by molar-refractivity contribution is 0.0983. The van der Waals surface area contributed by atoms with E-state index in [1.807, 2.05) is 42.5 Å². The highest BCUT2D eigenvalue weighted by Gasteiger charge is 2.26. The Morgan fingerprint density at radius 2 is 1.78 bits per heavy atom. The van der Waals surface area contributed by atoms with E-state index in [4.69, 9.17) is 0 Å². The van der Waals surface area contributed by atoms with Crippen LogP contribution in [0.5, 0.6) is 0 Å². The molecule has 1 aromatic carbocycles. The summed E-state index contributed by atoms with van der Waals surface area (Å²) in [5.74, 6) is 0.0984. The standard InChI is InChI=1S/C18H16N4O/c23-15-11-20-10-14-16(15)18(21-13-4-2-1-3-5-13)17(22-14)12-6-8-19-9-7-12/h1-9,20-22H,10-11H2. The van der Waals surface area contributed by atoms with Gasteiger partial charge in [0.25, 0.3) is 0 Å². The number of Topliss-reactive ketones (excluding diaryl/α,β-unsaturated/α-hetero) is 1. The quantitative estimate of drug-likeness (QED) is 0.695. The summed E-state index contributed by atoms with van der Waals surface area (Å²) in [4.78, 5) is 19.9. The first kappa shape index (κ1) is 13.7. The van der Waals surface area contributed by atoms with Crippen LogP contribution in [0.1, 0.15) is 16.1 Å². The van der Waals surface area contributed by atoms with Crippen molar-refractivity contribution in [2.24, 2.45) is 0 Å². The topological polar surface area (TPSA) is 69.8 Å². The van der Waals surface area contributed by atoms with E-state index in [1.165, 1.54) is 0 Å². The second-order valence-electron chi connectivity index (χ2n) is 5.48. The van der Waals surface area contributed by atoms with E-state index in [9.17, 15) is 4.79 Å². The monoisotopic (exact) mass is 304 g/mol. The molecular weight excluding hydrogens is 288 g/mol. The van der Waals surface area contributed by atoms with Crippen LogP contribution < -0.4 is 10.6 Å². The molecule has 3 N–H and O–H groups in total. The number of ketones is 1. The molecule has 0 unspecified atom stereocenters. The second kappa shape index (κ2) is 5.70. The number of hydrogen-bond donors (Lipinski definition) is 3. The largest absolute Gasteiger partial charge is 0.355 e. The number of nitrogens with zero attached hydrogens (tertiary/aromatic N) is 1. The molecule has 0 saturated heterocycles. The van der Waals surface area contributed by atoms with Crippen molar-refractivity contribution >= 4 is 17.2 Å². The van der Waals surface area contributed by atoms with Gasteiger partial charge in [-0.1, -0.05) is 18.2 Å². The van der Waals surface area contributed by atoms with Crippen LogP contribution in [0.25, 0.3) is 11.3 Å². The normalized spacial score (nSPS) is 13.7. The highest BCUT2D eigenvalue weighted by atomic mass is 16.1. The lowest BCUT2D eigenvalue weighted by Gasteiger charge is -2.14. The molecule has 114 valence electrons. The predicted octanol–water partition coefficient (Wildman–Crippen LogP) is 3.11. The molecule has 3 aromatic rings. The molecular formula is C18H16N4O. The minimum absolute atomic E-state index is 0.0984. The molecule has 0 aliphatic carbocycles. The molecule has 4 rings (SSSR count). The van der Waals surface area contributed by atoms with Gasteiger partial charge in [-0.2, -0.15) is 0 Å². The zero-order valence-corrected chi connectivity index (χ0v) is 12.5. The number of aromatic amines is 1. The lowest BCUT2D eigenvalue weighted by Crippen LogP contribution is -2.29. The Bertz CT molecular complexity index is 840. The Morgan fingerprint density at radius 3 is 2.57 bits per heavy atom. The summed E-state index contributed by atoms with van der Waals surface area (Å²) in [5, 5.41) is 6.53. The fourth-order valence-corrected chi connectivity index (χ4v) is 2.91. The van der Waals surface area contributed by atoms with Gasteiger partial charge in [-0.3, -0.25) is 9.78 Å². The van der Waals surface area contributed by atoms with Crippen molar-refractivity contribution in [3.63, 3.8) is 0 Å². The molecule has 1 aliphatic heterocycles. The summed E-state index contributed by atoms with van der Waals surface area (Å²) in [7, 11) is 0. The summed E-state index contributed by atoms with van der Waals surface area (Å²) in [6, 6.07) is 13.8. The van der Waals surface area contributed by atoms with Crippen molar-refractivity contribution in [2.45, 2.75) is 6.54 Å². The maximum Gasteiger partial charge on any atom is 0.180 e. The maximum absolute atomic E-state index is 12.4. The van der Waals surface area contributed by atoms with E-state index in [0.717, 1.165) is 33.9 Å². The molecule has 0 saturated carbocycles. The average molecular weight is 304 g/mol. The van der Waals surface area contributed by atoms with Crippen molar-refractivity contribution in [3.05, 3.63) is 66.1 Å². The van der Waals surface area contributed by atoms with Crippen LogP contribution in [0, 0.1) is 0 Å². The third kappa shape index (κ3) is 2.51. The first-order valence-corrected chi connectivity index (χ1v) is 7.54. The van der Waals surface area contributed by atoms with Gasteiger partial charge in [-0.25, -0.2) is 0 Å². The molecule has 23 heavy (non-hydrogen) atoms. The number of benzene rings is 1. The Hall–Kier alpha value is -2.92. The number of anilines is 2. The first-order valence-electron chi connectivity index (χ1n) is 7.54. The molecule has 5 heteroatoms. The summed E-state index contributed by atoms with van der Waals surface area (Å²) in [5.41, 5.74) is 5.38. The van der Waals surface area contributed by atoms with Crippen molar-refractivity contribution < 1.29 is 4.79 Å². The number of H-pyrrole nitrogens is 1. The van der Waals surface area contributed by atoms with E-state index >= 15 is 0 Å². The molecule has 2 aromatic heterocycles. The molecule has 0 radical (unpaired) electrons. The third-order valence-corrected chi connectivity index (χ3v) is 3.96. The number of carbonyl (C=O) groups excluding carboxylic acids is 1. The molecule has 0 amide bonds. The van der Waals surface area contributed by atoms with E-state index < -0.39 is 0 Å². The Balaban J connectivity index is 1.87. The van der Waals surface area contributed by atoms with Crippen LogP contribution >= 0.6 is 0 Å². The molecule has 3 heterocycles. The maximum atomic E-state index is 12.4. The lowest BCUT2D eigenvalue weighted by atomic mass is 10.0. The number of rotatable bonds is 3. The van der Waals surface area contributed by atoms with Gasteiger partial charge >= 0.3 is 0 Å². The fourth-order valence-electron chi connectivity index (χ4n) is 2.91. The van der Waals surface area contributed by atoms with Crippen molar-refractivity contribution in [3.8, 4) is 11.3 Å². The Labute approximate surface area is 133 Å². The molecule has 0 spiro atoms. The predicted molar refractivity (Wildman–Crippen MR) is 89.8 cm³/mol. The van der Waals surface area contributed by atoms with Crippen molar-refractivity contribution in [2.75, 3.05) is 11.9 Å². The number of para-hydroxylation sites is 1. The minimum Gasteiger partial charge on any atom is -0.355 e. The Morgan fingerprint density at radius 1 is 1.00 bits per heavy atom. The minimum atomic E-state index is 0.0984. The molecule has 1 aliphatic rings. The molecule has 0 atom stereocenters. The molecule has 0 bridgehead atoms. The van der Waals surface area contributed by atoms with E-state index in [2.05, 4.69) is 20.6 Å². The van der Waals surface area contributed by atoms with Crippen LogP contribution in [0.2, 0.25) is 0 Å². The summed E-state index contributed by atoms with van der Waals surface area (Å²) < 4.78 is 0. The first-order chi connectivity index (χ1) is 11.3. The SMILES string of the molecule is O=C1CNCc2[nH]c(-c3ccncc3)c(Nc3ccccc3)c21. The average Bonchev–Trinajstić information content (AvgIpc) is 2.96. The number of fused-ring (bicyclic) bond motifs is 1. The third-order valence-electron chi connectivity index (χ3n) is 3.96. The van der Waals surface area contributed by atoms with Gasteiger partial charge in [-0.05, 0) is 24.3 Å². The number of hydrogen-bond acceptors (Lipinski definition) is 4. The van der Waals surface area contributed by atoms with Crippen molar-refractivity contribution in [1.29, 1.82) is 0 Å². The van der Waals surface area contributed by atoms with Gasteiger partial charge in [0, 0.05) is 35.9 Å². The second-order valence-corrected chi connectivity index (χ2v) is 5.48. The molecule has 0 fully saturated rings. The summed E-state index contributed by atoms with van der Waals surface area (Å²) >= 11 is 0. The van der Waals surface area contributed by atoms with E-state index in [1.54, 1.807) is 12.4 Å². The van der Waals surface area contributed by atoms with Gasteiger partial charge in [-0.15, -0.1) is 0 Å². The van der Waals surface area contributed by atoms with Gasteiger partial charge in [0.15, 0.2) is 5.78 Å². The number of pyridine rings is 1. The van der Waals surface area contributed by atoms with E-state index in [0.29, 0.717) is 13.1 Å². The highest BCUT2D eigenvalue weighted by molar-refractivity contribution is 6.08. The smallest absolute Gasteiger partial charge is 0.180 e. The molecule has 5 nitrogen and oxygen atoms in total. The zero-order chi connectivity index (χ0) is 15.6. The van der Waals surface area contributed by atoms with Crippen molar-refractivity contribution in [1.82, 2.24) is 15.3 Å². The van der Waals surface area contributed by atoms with Crippen LogP contribution in [-0.4, -0.2) is 22.3 Å². The van der Waals surface area contributed by atoms with E-state index in [-0.39, 0.29) is 5.78 Å². The van der Waals surface area contributed by atoms with Gasteiger partial charge in [0.05, 0.1) is 23.5 Å². The van der Waals surface area contributed by atoms with Crippen LogP contribution in [0.3, 0.4) is 0 Å².